The molecule has 4 nitrogen and oxygen atoms in total. The Labute approximate surface area is 133 Å². The highest BCUT2D eigenvalue weighted by Gasteiger charge is 2.21. The minimum atomic E-state index is -0.238. The second-order valence-electron chi connectivity index (χ2n) is 5.20. The number of thiophene rings is 1. The predicted octanol–water partition coefficient (Wildman–Crippen LogP) is 3.41. The maximum Gasteiger partial charge on any atom is 0.311 e. The van der Waals surface area contributed by atoms with Gasteiger partial charge >= 0.3 is 5.97 Å². The van der Waals surface area contributed by atoms with Crippen LogP contribution in [0.2, 0.25) is 0 Å². The van der Waals surface area contributed by atoms with Crippen LogP contribution in [0, 0.1) is 0 Å². The zero-order chi connectivity index (χ0) is 15.4. The van der Waals surface area contributed by atoms with Crippen LogP contribution < -0.4 is 9.64 Å². The Balaban J connectivity index is 1.54. The van der Waals surface area contributed by atoms with Gasteiger partial charge in [-0.2, -0.15) is 0 Å². The number of benzene rings is 1. The molecule has 0 atom stereocenters. The first-order valence-electron chi connectivity index (χ1n) is 7.36. The summed E-state index contributed by atoms with van der Waals surface area (Å²) in [6, 6.07) is 11.1. The zero-order valence-electron chi connectivity index (χ0n) is 12.2. The van der Waals surface area contributed by atoms with Crippen LogP contribution in [0.5, 0.6) is 5.75 Å². The summed E-state index contributed by atoms with van der Waals surface area (Å²) in [5.41, 5.74) is 0.862. The van der Waals surface area contributed by atoms with Gasteiger partial charge in [-0.3, -0.25) is 9.59 Å². The van der Waals surface area contributed by atoms with Crippen molar-refractivity contribution in [3.8, 4) is 5.75 Å². The van der Waals surface area contributed by atoms with Gasteiger partial charge in [0.25, 0.3) is 0 Å². The van der Waals surface area contributed by atoms with E-state index in [9.17, 15) is 9.59 Å². The van der Waals surface area contributed by atoms with Crippen molar-refractivity contribution >= 4 is 28.9 Å². The number of anilines is 1. The summed E-state index contributed by atoms with van der Waals surface area (Å²) in [5, 5.41) is 2.00. The molecule has 1 fully saturated rings. The van der Waals surface area contributed by atoms with Gasteiger partial charge in [0, 0.05) is 23.5 Å². The van der Waals surface area contributed by atoms with Crippen molar-refractivity contribution < 1.29 is 14.3 Å². The molecular weight excluding hydrogens is 298 g/mol. The summed E-state index contributed by atoms with van der Waals surface area (Å²) in [4.78, 5) is 26.4. The van der Waals surface area contributed by atoms with Gasteiger partial charge in [0.2, 0.25) is 5.91 Å². The summed E-state index contributed by atoms with van der Waals surface area (Å²) < 4.78 is 5.32. The van der Waals surface area contributed by atoms with E-state index in [2.05, 4.69) is 0 Å². The highest BCUT2D eigenvalue weighted by molar-refractivity contribution is 7.09. The van der Waals surface area contributed by atoms with Gasteiger partial charge in [0.1, 0.15) is 5.75 Å². The number of rotatable bonds is 5. The largest absolute Gasteiger partial charge is 0.427 e. The molecule has 0 unspecified atom stereocenters. The van der Waals surface area contributed by atoms with Crippen LogP contribution in [0.15, 0.2) is 41.8 Å². The molecule has 0 aliphatic carbocycles. The maximum absolute atomic E-state index is 11.8. The second-order valence-corrected chi connectivity index (χ2v) is 6.23. The van der Waals surface area contributed by atoms with E-state index in [0.717, 1.165) is 18.7 Å². The molecular formula is C17H17NO3S. The molecule has 22 heavy (non-hydrogen) atoms. The van der Waals surface area contributed by atoms with E-state index in [-0.39, 0.29) is 11.9 Å². The fraction of sp³-hybridized carbons (Fsp3) is 0.294. The molecule has 2 heterocycles. The minimum absolute atomic E-state index is 0.153. The fourth-order valence-corrected chi connectivity index (χ4v) is 3.19. The van der Waals surface area contributed by atoms with Crippen molar-refractivity contribution in [2.75, 3.05) is 11.4 Å². The van der Waals surface area contributed by atoms with Crippen molar-refractivity contribution in [2.24, 2.45) is 0 Å². The lowest BCUT2D eigenvalue weighted by atomic mass is 10.2. The minimum Gasteiger partial charge on any atom is -0.427 e. The Morgan fingerprint density at radius 1 is 1.23 bits per heavy atom. The molecule has 0 radical (unpaired) electrons. The second kappa shape index (κ2) is 6.75. The van der Waals surface area contributed by atoms with Gasteiger partial charge in [0.15, 0.2) is 0 Å². The third-order valence-electron chi connectivity index (χ3n) is 3.61. The number of nitrogens with zero attached hydrogens (tertiary/aromatic N) is 1. The average Bonchev–Trinajstić information content (AvgIpc) is 3.17. The van der Waals surface area contributed by atoms with Crippen molar-refractivity contribution in [3.63, 3.8) is 0 Å². The van der Waals surface area contributed by atoms with E-state index < -0.39 is 0 Å². The fourth-order valence-electron chi connectivity index (χ4n) is 2.48. The molecule has 0 bridgehead atoms. The molecule has 3 rings (SSSR count). The summed E-state index contributed by atoms with van der Waals surface area (Å²) in [5.74, 6) is 0.436. The molecule has 1 saturated heterocycles. The lowest BCUT2D eigenvalue weighted by Gasteiger charge is -2.15. The molecule has 1 amide bonds. The maximum atomic E-state index is 11.8. The molecule has 1 aromatic heterocycles. The van der Waals surface area contributed by atoms with E-state index in [1.807, 2.05) is 29.6 Å². The van der Waals surface area contributed by atoms with Crippen molar-refractivity contribution in [1.82, 2.24) is 0 Å². The standard InChI is InChI=1S/C17H17NO3S/c19-16-4-1-11-18(16)13-5-7-14(8-6-13)21-17(20)10-9-15-3-2-12-22-15/h2-3,5-8,12H,1,4,9-11H2. The molecule has 1 aliphatic rings. The number of carbonyl (C=O) groups excluding carboxylic acids is 2. The summed E-state index contributed by atoms with van der Waals surface area (Å²) in [6.45, 7) is 0.763. The van der Waals surface area contributed by atoms with Gasteiger partial charge in [0.05, 0.1) is 6.42 Å². The van der Waals surface area contributed by atoms with Crippen molar-refractivity contribution in [1.29, 1.82) is 0 Å². The van der Waals surface area contributed by atoms with E-state index in [1.165, 1.54) is 4.88 Å². The Hall–Kier alpha value is -2.14. The Morgan fingerprint density at radius 3 is 2.68 bits per heavy atom. The highest BCUT2D eigenvalue weighted by Crippen LogP contribution is 2.24. The highest BCUT2D eigenvalue weighted by atomic mass is 32.1. The quantitative estimate of drug-likeness (QED) is 0.627. The van der Waals surface area contributed by atoms with Crippen LogP contribution in [0.1, 0.15) is 24.1 Å². The molecule has 1 aromatic carbocycles. The van der Waals surface area contributed by atoms with Gasteiger partial charge < -0.3 is 9.64 Å². The molecule has 5 heteroatoms. The SMILES string of the molecule is O=C(CCc1cccs1)Oc1ccc(N2CCCC2=O)cc1. The Bertz CT molecular complexity index is 649. The lowest BCUT2D eigenvalue weighted by Crippen LogP contribution is -2.23. The number of aryl methyl sites for hydroxylation is 1. The molecule has 2 aromatic rings. The number of ether oxygens (including phenoxy) is 1. The molecule has 1 aliphatic heterocycles. The van der Waals surface area contributed by atoms with Gasteiger partial charge in [-0.1, -0.05) is 6.07 Å². The van der Waals surface area contributed by atoms with E-state index in [4.69, 9.17) is 4.74 Å². The molecule has 114 valence electrons. The topological polar surface area (TPSA) is 46.6 Å². The molecule has 0 N–H and O–H groups in total. The van der Waals surface area contributed by atoms with E-state index >= 15 is 0 Å². The Kier molecular flexibility index (Phi) is 4.53. The number of hydrogen-bond donors (Lipinski definition) is 0. The summed E-state index contributed by atoms with van der Waals surface area (Å²) in [7, 11) is 0. The Morgan fingerprint density at radius 2 is 2.05 bits per heavy atom. The van der Waals surface area contributed by atoms with Gasteiger partial charge in [-0.05, 0) is 48.6 Å². The first-order valence-corrected chi connectivity index (χ1v) is 8.24. The van der Waals surface area contributed by atoms with Crippen LogP contribution >= 0.6 is 11.3 Å². The zero-order valence-corrected chi connectivity index (χ0v) is 13.0. The number of esters is 1. The third kappa shape index (κ3) is 3.54. The smallest absolute Gasteiger partial charge is 0.311 e. The van der Waals surface area contributed by atoms with Crippen molar-refractivity contribution in [2.45, 2.75) is 25.7 Å². The van der Waals surface area contributed by atoms with Crippen molar-refractivity contribution in [3.05, 3.63) is 46.7 Å². The third-order valence-corrected chi connectivity index (χ3v) is 4.55. The summed E-state index contributed by atoms with van der Waals surface area (Å²) in [6.07, 6.45) is 2.58. The number of amides is 1. The molecule has 0 spiro atoms. The average molecular weight is 315 g/mol. The molecule has 0 saturated carbocycles. The monoisotopic (exact) mass is 315 g/mol. The summed E-state index contributed by atoms with van der Waals surface area (Å²) >= 11 is 1.64. The van der Waals surface area contributed by atoms with Crippen LogP contribution in [-0.4, -0.2) is 18.4 Å². The van der Waals surface area contributed by atoms with Gasteiger partial charge in [-0.15, -0.1) is 11.3 Å². The van der Waals surface area contributed by atoms with Crippen LogP contribution in [-0.2, 0) is 16.0 Å². The van der Waals surface area contributed by atoms with E-state index in [1.54, 1.807) is 28.4 Å². The lowest BCUT2D eigenvalue weighted by molar-refractivity contribution is -0.134. The first-order chi connectivity index (χ1) is 10.7. The predicted molar refractivity (Wildman–Crippen MR) is 86.3 cm³/mol. The van der Waals surface area contributed by atoms with Crippen LogP contribution in [0.4, 0.5) is 5.69 Å². The van der Waals surface area contributed by atoms with E-state index in [0.29, 0.717) is 25.0 Å². The van der Waals surface area contributed by atoms with Crippen LogP contribution in [0.25, 0.3) is 0 Å². The normalized spacial score (nSPS) is 14.4. The number of hydrogen-bond acceptors (Lipinski definition) is 4. The van der Waals surface area contributed by atoms with Crippen LogP contribution in [0.3, 0.4) is 0 Å². The number of carbonyl (C=O) groups is 2. The van der Waals surface area contributed by atoms with Gasteiger partial charge in [-0.25, -0.2) is 0 Å². The first kappa shape index (κ1) is 14.8.